The second kappa shape index (κ2) is 7.74. The van der Waals surface area contributed by atoms with Gasteiger partial charge in [-0.3, -0.25) is 9.59 Å². The van der Waals surface area contributed by atoms with Crippen molar-refractivity contribution < 1.29 is 9.59 Å². The molecule has 0 atom stereocenters. The van der Waals surface area contributed by atoms with E-state index >= 15 is 0 Å². The van der Waals surface area contributed by atoms with Gasteiger partial charge in [0.25, 0.3) is 10.5 Å². The third kappa shape index (κ3) is 42.5. The first-order valence-corrected chi connectivity index (χ1v) is 3.73. The fourth-order valence-electron chi connectivity index (χ4n) is 0.247. The quantitative estimate of drug-likeness (QED) is 0.473. The number of carbonyl (C=O) groups is 2. The molecule has 0 fully saturated rings. The van der Waals surface area contributed by atoms with Crippen LogP contribution in [0.15, 0.2) is 0 Å². The van der Waals surface area contributed by atoms with Crippen molar-refractivity contribution in [2.45, 2.75) is 19.9 Å². The van der Waals surface area contributed by atoms with Crippen molar-refractivity contribution >= 4 is 35.7 Å². The lowest BCUT2D eigenvalue weighted by Gasteiger charge is -2.01. The number of carbonyl (C=O) groups excluding carboxylic acids is 2. The lowest BCUT2D eigenvalue weighted by atomic mass is 10.4. The zero-order chi connectivity index (χ0) is 9.44. The second-order valence-electron chi connectivity index (χ2n) is 1.94. The zero-order valence-electron chi connectivity index (χ0n) is 6.37. The number of hydrogen-bond donors (Lipinski definition) is 4. The van der Waals surface area contributed by atoms with E-state index in [1.807, 2.05) is 13.8 Å². The minimum absolute atomic E-state index is 0.199. The fraction of sp³-hybridized carbons (Fsp3) is 0.600. The molecule has 0 unspecified atom stereocenters. The molecule has 0 heterocycles. The fourth-order valence-corrected chi connectivity index (χ4v) is 0.505. The van der Waals surface area contributed by atoms with Gasteiger partial charge < -0.3 is 11.1 Å². The molecule has 0 aromatic rings. The standard InChI is InChI=1S/C4H9NOS.CH3NOS/c1-3(2)5-4(6)7;2-1(3)4/h3H,1-2H3,(H2,5,6,7);(H3,2,3,4). The minimum Gasteiger partial charge on any atom is -0.361 e. The van der Waals surface area contributed by atoms with Crippen LogP contribution >= 0.6 is 25.3 Å². The van der Waals surface area contributed by atoms with Crippen molar-refractivity contribution in [3.63, 3.8) is 0 Å². The van der Waals surface area contributed by atoms with E-state index in [2.05, 4.69) is 36.3 Å². The van der Waals surface area contributed by atoms with E-state index in [9.17, 15) is 4.79 Å². The Hall–Kier alpha value is -0.360. The maximum atomic E-state index is 10.0. The molecule has 0 aliphatic carbocycles. The van der Waals surface area contributed by atoms with E-state index < -0.39 is 5.24 Å². The summed E-state index contributed by atoms with van der Waals surface area (Å²) in [6.45, 7) is 3.77. The highest BCUT2D eigenvalue weighted by atomic mass is 32.1. The number of nitrogens with two attached hydrogens (primary N) is 1. The van der Waals surface area contributed by atoms with Crippen LogP contribution in [0.3, 0.4) is 0 Å². The minimum atomic E-state index is -0.639. The molecule has 0 bridgehead atoms. The van der Waals surface area contributed by atoms with Gasteiger partial charge in [0.2, 0.25) is 0 Å². The van der Waals surface area contributed by atoms with E-state index in [0.717, 1.165) is 0 Å². The molecule has 6 heteroatoms. The summed E-state index contributed by atoms with van der Waals surface area (Å²) in [7, 11) is 0. The zero-order valence-corrected chi connectivity index (χ0v) is 8.15. The van der Waals surface area contributed by atoms with E-state index in [1.165, 1.54) is 0 Å². The molecule has 11 heavy (non-hydrogen) atoms. The molecule has 0 radical (unpaired) electrons. The Morgan fingerprint density at radius 2 is 1.64 bits per heavy atom. The van der Waals surface area contributed by atoms with Crippen LogP contribution in [0.2, 0.25) is 0 Å². The van der Waals surface area contributed by atoms with Crippen LogP contribution in [0.25, 0.3) is 0 Å². The van der Waals surface area contributed by atoms with Crippen molar-refractivity contribution in [2.24, 2.45) is 5.73 Å². The number of thiol groups is 2. The smallest absolute Gasteiger partial charge is 0.276 e. The van der Waals surface area contributed by atoms with Gasteiger partial charge in [0.1, 0.15) is 0 Å². The van der Waals surface area contributed by atoms with Crippen molar-refractivity contribution in [2.75, 3.05) is 0 Å². The normalized spacial score (nSPS) is 8.09. The van der Waals surface area contributed by atoms with Crippen LogP contribution < -0.4 is 11.1 Å². The monoisotopic (exact) mass is 196 g/mol. The van der Waals surface area contributed by atoms with Gasteiger partial charge in [0.05, 0.1) is 0 Å². The highest BCUT2D eigenvalue weighted by molar-refractivity contribution is 7.96. The van der Waals surface area contributed by atoms with Crippen LogP contribution in [-0.4, -0.2) is 16.5 Å². The molecular weight excluding hydrogens is 184 g/mol. The Morgan fingerprint density at radius 1 is 1.36 bits per heavy atom. The summed E-state index contributed by atoms with van der Waals surface area (Å²) in [6, 6.07) is 0.199. The van der Waals surface area contributed by atoms with Crippen molar-refractivity contribution in [1.29, 1.82) is 0 Å². The molecule has 66 valence electrons. The Bertz CT molecular complexity index is 134. The number of rotatable bonds is 1. The molecule has 0 spiro atoms. The third-order valence-electron chi connectivity index (χ3n) is 0.412. The van der Waals surface area contributed by atoms with Crippen LogP contribution in [0.1, 0.15) is 13.8 Å². The molecule has 0 aromatic heterocycles. The maximum Gasteiger partial charge on any atom is 0.276 e. The van der Waals surface area contributed by atoms with E-state index in [-0.39, 0.29) is 11.3 Å². The first-order valence-electron chi connectivity index (χ1n) is 2.84. The Balaban J connectivity index is 0. The second-order valence-corrected chi connectivity index (χ2v) is 2.79. The molecular formula is C5H12N2O2S2. The van der Waals surface area contributed by atoms with E-state index in [1.54, 1.807) is 0 Å². The molecule has 0 rings (SSSR count). The average molecular weight is 196 g/mol. The number of amides is 2. The lowest BCUT2D eigenvalue weighted by Crippen LogP contribution is -2.24. The van der Waals surface area contributed by atoms with Crippen molar-refractivity contribution in [3.8, 4) is 0 Å². The lowest BCUT2D eigenvalue weighted by molar-refractivity contribution is 0.259. The summed E-state index contributed by atoms with van der Waals surface area (Å²) in [6.07, 6.45) is 0. The molecule has 2 amide bonds. The van der Waals surface area contributed by atoms with Gasteiger partial charge in [-0.15, -0.1) is 0 Å². The van der Waals surface area contributed by atoms with E-state index in [0.29, 0.717) is 0 Å². The predicted octanol–water partition coefficient (Wildman–Crippen LogP) is 1.03. The SMILES string of the molecule is CC(C)NC(=O)S.NC(=O)S. The molecule has 0 aliphatic heterocycles. The highest BCUT2D eigenvalue weighted by Gasteiger charge is 1.92. The Labute approximate surface area is 76.7 Å². The van der Waals surface area contributed by atoms with Crippen LogP contribution in [0.5, 0.6) is 0 Å². The van der Waals surface area contributed by atoms with Crippen LogP contribution in [0, 0.1) is 0 Å². The van der Waals surface area contributed by atoms with Gasteiger partial charge in [0.15, 0.2) is 0 Å². The van der Waals surface area contributed by atoms with Gasteiger partial charge in [-0.2, -0.15) is 0 Å². The summed E-state index contributed by atoms with van der Waals surface area (Å²) >= 11 is 6.59. The van der Waals surface area contributed by atoms with Gasteiger partial charge in [-0.25, -0.2) is 0 Å². The molecule has 4 nitrogen and oxygen atoms in total. The maximum absolute atomic E-state index is 10.0. The van der Waals surface area contributed by atoms with Gasteiger partial charge >= 0.3 is 0 Å². The Morgan fingerprint density at radius 3 is 1.64 bits per heavy atom. The largest absolute Gasteiger partial charge is 0.361 e. The molecule has 0 saturated carbocycles. The summed E-state index contributed by atoms with van der Waals surface area (Å²) in [4.78, 5) is 19.1. The molecule has 0 aliphatic rings. The third-order valence-corrected chi connectivity index (χ3v) is 0.541. The topological polar surface area (TPSA) is 72.2 Å². The highest BCUT2D eigenvalue weighted by Crippen LogP contribution is 1.80. The summed E-state index contributed by atoms with van der Waals surface area (Å²) < 4.78 is 0. The predicted molar refractivity (Wildman–Crippen MR) is 51.2 cm³/mol. The number of primary amides is 1. The van der Waals surface area contributed by atoms with E-state index in [4.69, 9.17) is 4.79 Å². The van der Waals surface area contributed by atoms with Gasteiger partial charge in [0, 0.05) is 6.04 Å². The Kier molecular flexibility index (Phi) is 9.32. The molecule has 0 aromatic carbocycles. The summed E-state index contributed by atoms with van der Waals surface area (Å²) in [5, 5.41) is 1.62. The van der Waals surface area contributed by atoms with Crippen molar-refractivity contribution in [3.05, 3.63) is 0 Å². The average Bonchev–Trinajstić information content (AvgIpc) is 1.56. The first-order chi connectivity index (χ1) is 4.86. The summed E-state index contributed by atoms with van der Waals surface area (Å²) in [5.41, 5.74) is 4.34. The van der Waals surface area contributed by atoms with Crippen LogP contribution in [0.4, 0.5) is 9.59 Å². The number of hydrogen-bond acceptors (Lipinski definition) is 2. The summed E-state index contributed by atoms with van der Waals surface area (Å²) in [5.74, 6) is 0. The molecule has 0 saturated heterocycles. The van der Waals surface area contributed by atoms with Gasteiger partial charge in [-0.1, -0.05) is 25.3 Å². The molecule has 3 N–H and O–H groups in total. The van der Waals surface area contributed by atoms with Crippen molar-refractivity contribution in [1.82, 2.24) is 5.32 Å². The van der Waals surface area contributed by atoms with Gasteiger partial charge in [-0.05, 0) is 13.8 Å². The van der Waals surface area contributed by atoms with Crippen LogP contribution in [-0.2, 0) is 0 Å². The number of nitrogens with one attached hydrogen (secondary N) is 1. The first kappa shape index (κ1) is 13.2.